The van der Waals surface area contributed by atoms with Crippen LogP contribution in [0.15, 0.2) is 54.7 Å². The van der Waals surface area contributed by atoms with E-state index in [1.54, 1.807) is 7.05 Å². The Morgan fingerprint density at radius 3 is 2.24 bits per heavy atom. The number of amides is 2. The standard InChI is InChI=1S/C25H26N4O5/c1-25(2,23(31)32)14-26-22(30)21-20(12-27-29(21)3)28-24(33)34-13-19-17-10-6-4-8-15(17)16-9-5-7-11-18(16)19/h4-12,19H,13-14H2,1-3H3,(H,26,30)(H,28,33)(H,31,32). The molecular weight excluding hydrogens is 436 g/mol. The number of ether oxygens (including phenoxy) is 1. The zero-order valence-corrected chi connectivity index (χ0v) is 19.2. The Kier molecular flexibility index (Phi) is 6.10. The quantitative estimate of drug-likeness (QED) is 0.493. The van der Waals surface area contributed by atoms with E-state index in [2.05, 4.69) is 27.9 Å². The van der Waals surface area contributed by atoms with Gasteiger partial charge in [-0.1, -0.05) is 48.5 Å². The van der Waals surface area contributed by atoms with Gasteiger partial charge < -0.3 is 15.2 Å². The van der Waals surface area contributed by atoms with E-state index < -0.39 is 23.4 Å². The molecule has 0 bridgehead atoms. The van der Waals surface area contributed by atoms with Crippen LogP contribution in [0.2, 0.25) is 0 Å². The average Bonchev–Trinajstić information content (AvgIpc) is 3.33. The van der Waals surface area contributed by atoms with E-state index >= 15 is 0 Å². The second kappa shape index (κ2) is 9.01. The highest BCUT2D eigenvalue weighted by Gasteiger charge is 2.30. The number of nitrogens with zero attached hydrogens (tertiary/aromatic N) is 2. The second-order valence-corrected chi connectivity index (χ2v) is 8.85. The highest BCUT2D eigenvalue weighted by molar-refractivity contribution is 6.01. The van der Waals surface area contributed by atoms with Crippen molar-refractivity contribution in [3.63, 3.8) is 0 Å². The summed E-state index contributed by atoms with van der Waals surface area (Å²) in [6.45, 7) is 3.06. The molecule has 3 aromatic rings. The molecule has 0 saturated heterocycles. The minimum atomic E-state index is -1.14. The van der Waals surface area contributed by atoms with Crippen molar-refractivity contribution in [2.45, 2.75) is 19.8 Å². The van der Waals surface area contributed by atoms with Crippen molar-refractivity contribution in [3.05, 3.63) is 71.5 Å². The van der Waals surface area contributed by atoms with E-state index in [1.807, 2.05) is 36.4 Å². The van der Waals surface area contributed by atoms with Crippen LogP contribution in [0, 0.1) is 5.41 Å². The number of fused-ring (bicyclic) bond motifs is 3. The third-order valence-corrected chi connectivity index (χ3v) is 6.00. The van der Waals surface area contributed by atoms with Crippen LogP contribution in [0.5, 0.6) is 0 Å². The molecule has 1 aliphatic carbocycles. The van der Waals surface area contributed by atoms with Crippen molar-refractivity contribution in [3.8, 4) is 11.1 Å². The summed E-state index contributed by atoms with van der Waals surface area (Å²) in [5, 5.41) is 18.4. The van der Waals surface area contributed by atoms with Gasteiger partial charge in [-0.3, -0.25) is 19.6 Å². The number of carboxylic acids is 1. The van der Waals surface area contributed by atoms with Crippen molar-refractivity contribution >= 4 is 23.7 Å². The zero-order chi connectivity index (χ0) is 24.5. The summed E-state index contributed by atoms with van der Waals surface area (Å²) < 4.78 is 6.84. The smallest absolute Gasteiger partial charge is 0.411 e. The molecule has 0 fully saturated rings. The Balaban J connectivity index is 1.43. The predicted molar refractivity (Wildman–Crippen MR) is 126 cm³/mol. The number of rotatable bonds is 7. The number of aryl methyl sites for hydroxylation is 1. The zero-order valence-electron chi connectivity index (χ0n) is 19.2. The number of anilines is 1. The topological polar surface area (TPSA) is 123 Å². The van der Waals surface area contributed by atoms with E-state index in [1.165, 1.54) is 24.7 Å². The third kappa shape index (κ3) is 4.36. The lowest BCUT2D eigenvalue weighted by Crippen LogP contribution is -2.39. The first-order valence-corrected chi connectivity index (χ1v) is 10.8. The van der Waals surface area contributed by atoms with E-state index in [4.69, 9.17) is 4.74 Å². The highest BCUT2D eigenvalue weighted by atomic mass is 16.5. The molecule has 0 radical (unpaired) electrons. The fourth-order valence-corrected chi connectivity index (χ4v) is 4.00. The largest absolute Gasteiger partial charge is 0.481 e. The maximum absolute atomic E-state index is 12.7. The normalized spacial score (nSPS) is 12.6. The van der Waals surface area contributed by atoms with E-state index in [0.717, 1.165) is 22.3 Å². The summed E-state index contributed by atoms with van der Waals surface area (Å²) in [6.07, 6.45) is 0.633. The summed E-state index contributed by atoms with van der Waals surface area (Å²) in [5.41, 5.74) is 3.57. The van der Waals surface area contributed by atoms with Crippen molar-refractivity contribution in [1.82, 2.24) is 15.1 Å². The second-order valence-electron chi connectivity index (χ2n) is 8.85. The number of carbonyl (C=O) groups excluding carboxylic acids is 2. The molecule has 1 aromatic heterocycles. The molecule has 0 unspecified atom stereocenters. The summed E-state index contributed by atoms with van der Waals surface area (Å²) >= 11 is 0. The van der Waals surface area contributed by atoms with Gasteiger partial charge in [-0.25, -0.2) is 4.79 Å². The van der Waals surface area contributed by atoms with Crippen LogP contribution in [0.1, 0.15) is 41.4 Å². The van der Waals surface area contributed by atoms with Crippen LogP contribution in [-0.2, 0) is 16.6 Å². The molecular formula is C25H26N4O5. The minimum Gasteiger partial charge on any atom is -0.481 e. The van der Waals surface area contributed by atoms with E-state index in [9.17, 15) is 19.5 Å². The number of benzene rings is 2. The van der Waals surface area contributed by atoms with Crippen LogP contribution in [0.4, 0.5) is 10.5 Å². The summed E-state index contributed by atoms with van der Waals surface area (Å²) in [6, 6.07) is 16.1. The summed E-state index contributed by atoms with van der Waals surface area (Å²) in [4.78, 5) is 36.6. The number of hydrogen-bond acceptors (Lipinski definition) is 5. The Morgan fingerprint density at radius 1 is 1.06 bits per heavy atom. The van der Waals surface area contributed by atoms with Crippen molar-refractivity contribution in [1.29, 1.82) is 0 Å². The first kappa shape index (κ1) is 23.0. The Hall–Kier alpha value is -4.14. The molecule has 2 aromatic carbocycles. The highest BCUT2D eigenvalue weighted by Crippen LogP contribution is 2.44. The van der Waals surface area contributed by atoms with Crippen LogP contribution in [0.3, 0.4) is 0 Å². The molecule has 4 rings (SSSR count). The van der Waals surface area contributed by atoms with Gasteiger partial charge in [0.1, 0.15) is 12.3 Å². The van der Waals surface area contributed by atoms with Crippen LogP contribution in [0.25, 0.3) is 11.1 Å². The van der Waals surface area contributed by atoms with Crippen molar-refractivity contribution < 1.29 is 24.2 Å². The van der Waals surface area contributed by atoms with Gasteiger partial charge in [-0.15, -0.1) is 0 Å². The van der Waals surface area contributed by atoms with Gasteiger partial charge in [-0.05, 0) is 36.1 Å². The summed E-state index contributed by atoms with van der Waals surface area (Å²) in [5.74, 6) is -1.67. The lowest BCUT2D eigenvalue weighted by atomic mass is 9.94. The van der Waals surface area contributed by atoms with Gasteiger partial charge >= 0.3 is 12.1 Å². The van der Waals surface area contributed by atoms with Gasteiger partial charge in [0.15, 0.2) is 0 Å². The minimum absolute atomic E-state index is 0.0866. The van der Waals surface area contributed by atoms with E-state index in [-0.39, 0.29) is 30.5 Å². The first-order chi connectivity index (χ1) is 16.2. The van der Waals surface area contributed by atoms with Crippen LogP contribution < -0.4 is 10.6 Å². The molecule has 0 atom stereocenters. The Labute approximate surface area is 196 Å². The van der Waals surface area contributed by atoms with Crippen molar-refractivity contribution in [2.75, 3.05) is 18.5 Å². The first-order valence-electron chi connectivity index (χ1n) is 10.8. The number of aliphatic carboxylic acids is 1. The van der Waals surface area contributed by atoms with Gasteiger partial charge in [0, 0.05) is 19.5 Å². The van der Waals surface area contributed by atoms with Crippen LogP contribution >= 0.6 is 0 Å². The lowest BCUT2D eigenvalue weighted by Gasteiger charge is -2.19. The Morgan fingerprint density at radius 2 is 1.65 bits per heavy atom. The van der Waals surface area contributed by atoms with Gasteiger partial charge in [0.05, 0.1) is 17.3 Å². The molecule has 176 valence electrons. The van der Waals surface area contributed by atoms with Crippen molar-refractivity contribution in [2.24, 2.45) is 12.5 Å². The average molecular weight is 463 g/mol. The monoisotopic (exact) mass is 462 g/mol. The number of carboxylic acid groups (broad SMARTS) is 1. The SMILES string of the molecule is Cn1ncc(NC(=O)OCC2c3ccccc3-c3ccccc32)c1C(=O)NCC(C)(C)C(=O)O. The molecule has 0 saturated carbocycles. The van der Waals surface area contributed by atoms with Crippen LogP contribution in [-0.4, -0.2) is 46.0 Å². The maximum atomic E-state index is 12.7. The Bertz CT molecular complexity index is 1220. The fraction of sp³-hybridized carbons (Fsp3) is 0.280. The fourth-order valence-electron chi connectivity index (χ4n) is 4.00. The third-order valence-electron chi connectivity index (χ3n) is 6.00. The lowest BCUT2D eigenvalue weighted by molar-refractivity contribution is -0.146. The maximum Gasteiger partial charge on any atom is 0.411 e. The molecule has 34 heavy (non-hydrogen) atoms. The molecule has 1 aliphatic rings. The molecule has 1 heterocycles. The van der Waals surface area contributed by atoms with Gasteiger partial charge in [-0.2, -0.15) is 5.10 Å². The molecule has 0 spiro atoms. The molecule has 9 heteroatoms. The molecule has 0 aliphatic heterocycles. The molecule has 2 amide bonds. The molecule has 3 N–H and O–H groups in total. The van der Waals surface area contributed by atoms with Gasteiger partial charge in [0.2, 0.25) is 0 Å². The number of hydrogen-bond donors (Lipinski definition) is 3. The number of carbonyl (C=O) groups is 3. The number of aromatic nitrogens is 2. The van der Waals surface area contributed by atoms with Gasteiger partial charge in [0.25, 0.3) is 5.91 Å². The summed E-state index contributed by atoms with van der Waals surface area (Å²) in [7, 11) is 1.56. The number of nitrogens with one attached hydrogen (secondary N) is 2. The predicted octanol–water partition coefficient (Wildman–Crippen LogP) is 3.62. The molecule has 9 nitrogen and oxygen atoms in total. The van der Waals surface area contributed by atoms with E-state index in [0.29, 0.717) is 0 Å².